The summed E-state index contributed by atoms with van der Waals surface area (Å²) in [4.78, 5) is 0. The van der Waals surface area contributed by atoms with Gasteiger partial charge in [0.2, 0.25) is 0 Å². The lowest BCUT2D eigenvalue weighted by molar-refractivity contribution is 0.813. The predicted molar refractivity (Wildman–Crippen MR) is 165 cm³/mol. The van der Waals surface area contributed by atoms with Gasteiger partial charge in [-0.1, -0.05) is 85.0 Å². The molecular weight excluding hydrogens is 472 g/mol. The van der Waals surface area contributed by atoms with Gasteiger partial charge in [0.1, 0.15) is 0 Å². The third-order valence-corrected chi connectivity index (χ3v) is 8.57. The highest BCUT2D eigenvalue weighted by Gasteiger charge is 2.24. The second kappa shape index (κ2) is 8.74. The van der Waals surface area contributed by atoms with Crippen LogP contribution in [0.1, 0.15) is 40.9 Å². The maximum absolute atomic E-state index is 2.59. The first-order chi connectivity index (χ1) is 19.3. The molecule has 2 aliphatic rings. The van der Waals surface area contributed by atoms with Crippen molar-refractivity contribution in [2.75, 3.05) is 0 Å². The Morgan fingerprint density at radius 1 is 0.564 bits per heavy atom. The smallest absolute Gasteiger partial charge is 0.0541 e. The Bertz CT molecular complexity index is 1880. The summed E-state index contributed by atoms with van der Waals surface area (Å²) in [6.45, 7) is 2.22. The van der Waals surface area contributed by atoms with Crippen LogP contribution in [0.2, 0.25) is 0 Å². The molecule has 0 saturated carbocycles. The second-order valence-electron chi connectivity index (χ2n) is 10.9. The first-order valence-corrected chi connectivity index (χ1v) is 14.1. The lowest BCUT2D eigenvalue weighted by Gasteiger charge is -2.20. The molecular formula is C37H30N2. The highest BCUT2D eigenvalue weighted by molar-refractivity contribution is 6.09. The van der Waals surface area contributed by atoms with Gasteiger partial charge in [0.15, 0.2) is 0 Å². The fraction of sp³-hybridized carbons (Fsp3) is 0.135. The molecule has 0 aliphatic heterocycles. The van der Waals surface area contributed by atoms with E-state index in [1.807, 2.05) is 0 Å². The van der Waals surface area contributed by atoms with Gasteiger partial charge in [0.25, 0.3) is 0 Å². The van der Waals surface area contributed by atoms with Crippen LogP contribution < -0.4 is 0 Å². The normalized spacial score (nSPS) is 14.2. The van der Waals surface area contributed by atoms with E-state index in [-0.39, 0.29) is 0 Å². The Morgan fingerprint density at radius 2 is 1.10 bits per heavy atom. The molecule has 2 nitrogen and oxygen atoms in total. The molecule has 0 radical (unpaired) electrons. The zero-order chi connectivity index (χ0) is 25.9. The Kier molecular flexibility index (Phi) is 5.03. The monoisotopic (exact) mass is 502 g/mol. The Labute approximate surface area is 229 Å². The molecule has 0 unspecified atom stereocenters. The van der Waals surface area contributed by atoms with Gasteiger partial charge in [-0.15, -0.1) is 0 Å². The minimum absolute atomic E-state index is 1.08. The van der Waals surface area contributed by atoms with E-state index in [1.54, 1.807) is 0 Å². The van der Waals surface area contributed by atoms with Crippen molar-refractivity contribution in [3.8, 4) is 22.5 Å². The summed E-state index contributed by atoms with van der Waals surface area (Å²) in [6, 6.07) is 33.6. The van der Waals surface area contributed by atoms with Gasteiger partial charge >= 0.3 is 0 Å². The zero-order valence-electron chi connectivity index (χ0n) is 22.2. The number of allylic oxidation sites excluding steroid dienone is 2. The summed E-state index contributed by atoms with van der Waals surface area (Å²) < 4.78 is 5.05. The molecule has 0 spiro atoms. The van der Waals surface area contributed by atoms with Crippen LogP contribution in [0.3, 0.4) is 0 Å². The average Bonchev–Trinajstić information content (AvgIpc) is 3.50. The lowest BCUT2D eigenvalue weighted by atomic mass is 9.97. The molecule has 0 bridgehead atoms. The van der Waals surface area contributed by atoms with Crippen molar-refractivity contribution < 1.29 is 0 Å². The number of aromatic nitrogens is 2. The highest BCUT2D eigenvalue weighted by atomic mass is 15.0. The highest BCUT2D eigenvalue weighted by Crippen LogP contribution is 2.39. The van der Waals surface area contributed by atoms with Crippen LogP contribution in [0.25, 0.3) is 56.5 Å². The van der Waals surface area contributed by atoms with Gasteiger partial charge in [-0.05, 0) is 79.6 Å². The molecule has 0 fully saturated rings. The van der Waals surface area contributed by atoms with Crippen molar-refractivity contribution in [1.29, 1.82) is 0 Å². The number of rotatable bonds is 3. The fourth-order valence-electron chi connectivity index (χ4n) is 6.84. The molecule has 0 amide bonds. The van der Waals surface area contributed by atoms with Crippen LogP contribution in [0, 0.1) is 6.92 Å². The van der Waals surface area contributed by atoms with Gasteiger partial charge in [0, 0.05) is 44.7 Å². The van der Waals surface area contributed by atoms with Crippen molar-refractivity contribution in [2.24, 2.45) is 0 Å². The van der Waals surface area contributed by atoms with Crippen molar-refractivity contribution in [3.05, 3.63) is 131 Å². The summed E-state index contributed by atoms with van der Waals surface area (Å²) in [5.41, 5.74) is 14.5. The van der Waals surface area contributed by atoms with Crippen molar-refractivity contribution in [1.82, 2.24) is 9.13 Å². The summed E-state index contributed by atoms with van der Waals surface area (Å²) in [6.07, 6.45) is 13.7. The number of nitrogens with zero attached hydrogens (tertiary/aromatic N) is 2. The summed E-state index contributed by atoms with van der Waals surface area (Å²) in [5, 5.41) is 2.59. The van der Waals surface area contributed by atoms with E-state index in [4.69, 9.17) is 0 Å². The molecule has 0 saturated heterocycles. The first-order valence-electron chi connectivity index (χ1n) is 14.1. The van der Waals surface area contributed by atoms with Crippen LogP contribution in [-0.4, -0.2) is 9.13 Å². The minimum atomic E-state index is 1.08. The van der Waals surface area contributed by atoms with E-state index < -0.39 is 0 Å². The molecule has 8 rings (SSSR count). The van der Waals surface area contributed by atoms with Crippen LogP contribution in [0.4, 0.5) is 0 Å². The maximum Gasteiger partial charge on any atom is 0.0541 e. The number of benzene rings is 4. The number of hydrogen-bond acceptors (Lipinski definition) is 0. The summed E-state index contributed by atoms with van der Waals surface area (Å²) >= 11 is 0. The van der Waals surface area contributed by atoms with E-state index in [0.717, 1.165) is 25.7 Å². The average molecular weight is 503 g/mol. The van der Waals surface area contributed by atoms with Gasteiger partial charge in [0.05, 0.1) is 11.0 Å². The molecule has 2 aliphatic carbocycles. The quantitative estimate of drug-likeness (QED) is 0.228. The van der Waals surface area contributed by atoms with Gasteiger partial charge in [-0.2, -0.15) is 0 Å². The van der Waals surface area contributed by atoms with E-state index in [9.17, 15) is 0 Å². The second-order valence-corrected chi connectivity index (χ2v) is 10.9. The van der Waals surface area contributed by atoms with Gasteiger partial charge in [-0.25, -0.2) is 0 Å². The molecule has 6 aromatic rings. The molecule has 0 N–H and O–H groups in total. The zero-order valence-corrected chi connectivity index (χ0v) is 22.2. The SMILES string of the molecule is Cc1ccccc1-c1cc(-n2c3c(c4c2CCC=C4)C=CCC3)cc(-n2c3ccccc3c3ccccc32)c1. The van der Waals surface area contributed by atoms with E-state index >= 15 is 0 Å². The standard InChI is InChI=1S/C37H30N2/c1-25-12-2-3-13-29(25)26-22-27(38-34-18-8-4-14-30(34)31-15-5-9-19-35(31)38)24-28(23-26)39-36-20-10-6-16-32(36)33-17-7-11-21-37(33)39/h2-9,12-19,22-24H,10-11,20-21H2,1H3. The van der Waals surface area contributed by atoms with Crippen molar-refractivity contribution in [2.45, 2.75) is 32.6 Å². The lowest BCUT2D eigenvalue weighted by Crippen LogP contribution is -2.08. The maximum atomic E-state index is 2.59. The Balaban J connectivity index is 1.48. The molecule has 0 atom stereocenters. The predicted octanol–water partition coefficient (Wildman–Crippen LogP) is 9.47. The van der Waals surface area contributed by atoms with Crippen LogP contribution in [-0.2, 0) is 12.8 Å². The van der Waals surface area contributed by atoms with Gasteiger partial charge < -0.3 is 9.13 Å². The number of hydrogen-bond donors (Lipinski definition) is 0. The minimum Gasteiger partial charge on any atom is -0.317 e. The number of para-hydroxylation sites is 2. The molecule has 39 heavy (non-hydrogen) atoms. The third-order valence-electron chi connectivity index (χ3n) is 8.57. The Morgan fingerprint density at radius 3 is 1.72 bits per heavy atom. The van der Waals surface area contributed by atoms with Gasteiger partial charge in [-0.3, -0.25) is 0 Å². The molecule has 2 heteroatoms. The molecule has 2 aromatic heterocycles. The molecule has 2 heterocycles. The fourth-order valence-corrected chi connectivity index (χ4v) is 6.84. The summed E-state index contributed by atoms with van der Waals surface area (Å²) in [7, 11) is 0. The third kappa shape index (κ3) is 3.41. The largest absolute Gasteiger partial charge is 0.317 e. The number of aryl methyl sites for hydroxylation is 1. The number of fused-ring (bicyclic) bond motifs is 6. The Hall–Kier alpha value is -4.56. The first kappa shape index (κ1) is 22.4. The van der Waals surface area contributed by atoms with Crippen LogP contribution in [0.5, 0.6) is 0 Å². The van der Waals surface area contributed by atoms with Crippen LogP contribution in [0.15, 0.2) is 103 Å². The van der Waals surface area contributed by atoms with Crippen molar-refractivity contribution >= 4 is 34.0 Å². The molecule has 188 valence electrons. The summed E-state index contributed by atoms with van der Waals surface area (Å²) in [5.74, 6) is 0. The van der Waals surface area contributed by atoms with Crippen molar-refractivity contribution in [3.63, 3.8) is 0 Å². The topological polar surface area (TPSA) is 9.86 Å². The van der Waals surface area contributed by atoms with Crippen LogP contribution >= 0.6 is 0 Å². The van der Waals surface area contributed by atoms with E-state index in [1.165, 1.54) is 72.4 Å². The van der Waals surface area contributed by atoms with E-state index in [2.05, 4.69) is 131 Å². The van der Waals surface area contributed by atoms with E-state index in [0.29, 0.717) is 0 Å². The molecule has 4 aromatic carbocycles.